The Morgan fingerprint density at radius 3 is 2.83 bits per heavy atom. The molecule has 0 bridgehead atoms. The lowest BCUT2D eigenvalue weighted by atomic mass is 10.0. The minimum absolute atomic E-state index is 0.297. The van der Waals surface area contributed by atoms with Crippen LogP contribution in [0.15, 0.2) is 51.7 Å². The van der Waals surface area contributed by atoms with Gasteiger partial charge in [0.15, 0.2) is 5.58 Å². The summed E-state index contributed by atoms with van der Waals surface area (Å²) in [6, 6.07) is 14.9. The maximum Gasteiger partial charge on any atom is 0.419 e. The number of carbonyl (C=O) groups excluding carboxylic acids is 1. The molecule has 1 spiro atoms. The molecule has 1 amide bonds. The Labute approximate surface area is 202 Å². The monoisotopic (exact) mass is 476 g/mol. The number of rotatable bonds is 5. The Balaban J connectivity index is 1.21. The van der Waals surface area contributed by atoms with Crippen LogP contribution in [0.25, 0.3) is 22.2 Å². The summed E-state index contributed by atoms with van der Waals surface area (Å²) in [5.74, 6) is -0.691. The number of hydrogen-bond donors (Lipinski definition) is 2. The third-order valence-corrected chi connectivity index (χ3v) is 6.79. The highest BCUT2D eigenvalue weighted by atomic mass is 16.6. The van der Waals surface area contributed by atoms with E-state index in [0.29, 0.717) is 31.7 Å². The SMILES string of the molecule is Cn1c(=O)oc2ccc(-c3ccc(C[C@@H](C#N)NC(=O)[C@@H]4CNCC5(CCCO5)CO4)cc3)cc21. The molecule has 1 unspecified atom stereocenters. The largest absolute Gasteiger partial charge is 0.419 e. The van der Waals surface area contributed by atoms with Crippen molar-refractivity contribution in [2.45, 2.75) is 37.0 Å². The lowest BCUT2D eigenvalue weighted by molar-refractivity contribution is -0.136. The van der Waals surface area contributed by atoms with Crippen LogP contribution in [0.4, 0.5) is 0 Å². The van der Waals surface area contributed by atoms with Crippen molar-refractivity contribution in [1.82, 2.24) is 15.2 Å². The molecule has 0 saturated carbocycles. The number of hydrogen-bond acceptors (Lipinski definition) is 7. The molecule has 2 aromatic carbocycles. The lowest BCUT2D eigenvalue weighted by Gasteiger charge is -2.25. The molecule has 35 heavy (non-hydrogen) atoms. The second-order valence-electron chi connectivity index (χ2n) is 9.27. The van der Waals surface area contributed by atoms with Gasteiger partial charge in [-0.1, -0.05) is 30.3 Å². The Morgan fingerprint density at radius 2 is 2.09 bits per heavy atom. The zero-order chi connectivity index (χ0) is 24.4. The van der Waals surface area contributed by atoms with E-state index < -0.39 is 17.9 Å². The van der Waals surface area contributed by atoms with Crippen LogP contribution in [0.1, 0.15) is 18.4 Å². The summed E-state index contributed by atoms with van der Waals surface area (Å²) in [7, 11) is 1.67. The van der Waals surface area contributed by atoms with E-state index in [9.17, 15) is 14.9 Å². The molecule has 3 heterocycles. The van der Waals surface area contributed by atoms with E-state index in [1.54, 1.807) is 13.1 Å². The number of aromatic nitrogens is 1. The maximum absolute atomic E-state index is 12.8. The molecule has 2 saturated heterocycles. The molecular formula is C26H28N4O5. The molecular weight excluding hydrogens is 448 g/mol. The van der Waals surface area contributed by atoms with Gasteiger partial charge in [-0.3, -0.25) is 9.36 Å². The van der Waals surface area contributed by atoms with E-state index in [1.807, 2.05) is 36.4 Å². The van der Waals surface area contributed by atoms with Gasteiger partial charge in [-0.15, -0.1) is 0 Å². The molecule has 3 aromatic rings. The summed E-state index contributed by atoms with van der Waals surface area (Å²) < 4.78 is 18.4. The van der Waals surface area contributed by atoms with Gasteiger partial charge in [0, 0.05) is 33.2 Å². The van der Waals surface area contributed by atoms with Crippen LogP contribution in [0, 0.1) is 11.3 Å². The molecule has 0 radical (unpaired) electrons. The van der Waals surface area contributed by atoms with E-state index >= 15 is 0 Å². The van der Waals surface area contributed by atoms with Crippen LogP contribution in [0.5, 0.6) is 0 Å². The molecule has 1 aromatic heterocycles. The highest BCUT2D eigenvalue weighted by Crippen LogP contribution is 2.27. The zero-order valence-corrected chi connectivity index (χ0v) is 19.6. The van der Waals surface area contributed by atoms with Crippen LogP contribution < -0.4 is 16.4 Å². The van der Waals surface area contributed by atoms with Crippen molar-refractivity contribution in [3.8, 4) is 17.2 Å². The third-order valence-electron chi connectivity index (χ3n) is 6.79. The number of carbonyl (C=O) groups is 1. The fraction of sp³-hybridized carbons (Fsp3) is 0.423. The number of nitrogens with zero attached hydrogens (tertiary/aromatic N) is 2. The second-order valence-corrected chi connectivity index (χ2v) is 9.27. The molecule has 2 fully saturated rings. The van der Waals surface area contributed by atoms with Crippen molar-refractivity contribution in [2.24, 2.45) is 7.05 Å². The van der Waals surface area contributed by atoms with Crippen LogP contribution in [-0.4, -0.2) is 54.5 Å². The molecule has 9 nitrogen and oxygen atoms in total. The Kier molecular flexibility index (Phi) is 6.43. The fourth-order valence-corrected chi connectivity index (χ4v) is 4.74. The highest BCUT2D eigenvalue weighted by molar-refractivity contribution is 5.82. The van der Waals surface area contributed by atoms with Crippen LogP contribution in [0.3, 0.4) is 0 Å². The predicted octanol–water partition coefficient (Wildman–Crippen LogP) is 1.89. The molecule has 5 rings (SSSR count). The first kappa shape index (κ1) is 23.3. The number of aryl methyl sites for hydroxylation is 1. The average Bonchev–Trinajstić information content (AvgIpc) is 3.37. The van der Waals surface area contributed by atoms with E-state index in [0.717, 1.165) is 41.7 Å². The first-order chi connectivity index (χ1) is 17.0. The average molecular weight is 477 g/mol. The van der Waals surface area contributed by atoms with Crippen molar-refractivity contribution >= 4 is 17.0 Å². The minimum atomic E-state index is -0.673. The molecule has 2 aliphatic heterocycles. The quantitative estimate of drug-likeness (QED) is 0.577. The van der Waals surface area contributed by atoms with E-state index in [2.05, 4.69) is 16.7 Å². The Morgan fingerprint density at radius 1 is 1.29 bits per heavy atom. The van der Waals surface area contributed by atoms with Crippen molar-refractivity contribution in [1.29, 1.82) is 5.26 Å². The predicted molar refractivity (Wildman–Crippen MR) is 129 cm³/mol. The first-order valence-corrected chi connectivity index (χ1v) is 11.8. The number of ether oxygens (including phenoxy) is 2. The number of benzene rings is 2. The van der Waals surface area contributed by atoms with E-state index in [1.165, 1.54) is 4.57 Å². The van der Waals surface area contributed by atoms with E-state index in [4.69, 9.17) is 13.9 Å². The summed E-state index contributed by atoms with van der Waals surface area (Å²) in [6.07, 6.45) is 1.63. The molecule has 2 aliphatic rings. The number of amides is 1. The molecule has 9 heteroatoms. The highest BCUT2D eigenvalue weighted by Gasteiger charge is 2.39. The number of nitriles is 1. The first-order valence-electron chi connectivity index (χ1n) is 11.8. The number of fused-ring (bicyclic) bond motifs is 1. The molecule has 0 aliphatic carbocycles. The van der Waals surface area contributed by atoms with Gasteiger partial charge >= 0.3 is 5.76 Å². The normalized spacial score (nSPS) is 23.1. The molecule has 2 N–H and O–H groups in total. The van der Waals surface area contributed by atoms with Gasteiger partial charge in [0.25, 0.3) is 5.91 Å². The summed E-state index contributed by atoms with van der Waals surface area (Å²) in [6.45, 7) is 2.13. The van der Waals surface area contributed by atoms with Crippen molar-refractivity contribution in [3.63, 3.8) is 0 Å². The fourth-order valence-electron chi connectivity index (χ4n) is 4.74. The second kappa shape index (κ2) is 9.66. The van der Waals surface area contributed by atoms with Crippen LogP contribution in [-0.2, 0) is 27.7 Å². The van der Waals surface area contributed by atoms with Crippen molar-refractivity contribution < 1.29 is 18.7 Å². The van der Waals surface area contributed by atoms with Gasteiger partial charge in [-0.05, 0) is 41.7 Å². The van der Waals surface area contributed by atoms with Gasteiger partial charge in [0.1, 0.15) is 17.7 Å². The van der Waals surface area contributed by atoms with Crippen LogP contribution >= 0.6 is 0 Å². The minimum Gasteiger partial charge on any atom is -0.408 e. The van der Waals surface area contributed by atoms with Crippen molar-refractivity contribution in [2.75, 3.05) is 26.3 Å². The standard InChI is InChI=1S/C26H28N4O5/c1-30-21-12-19(7-8-22(21)35-25(30)32)18-5-3-17(4-6-18)11-20(13-27)29-24(31)23-14-28-15-26(16-33-23)9-2-10-34-26/h3-8,12,20,23,28H,2,9-11,14-16H2,1H3,(H,29,31)/t20-,23-,26?/m0/s1. The molecule has 182 valence electrons. The van der Waals surface area contributed by atoms with Gasteiger partial charge < -0.3 is 24.5 Å². The number of nitrogens with one attached hydrogen (secondary N) is 2. The van der Waals surface area contributed by atoms with Gasteiger partial charge in [-0.2, -0.15) is 5.26 Å². The van der Waals surface area contributed by atoms with E-state index in [-0.39, 0.29) is 11.5 Å². The molecule has 3 atom stereocenters. The summed E-state index contributed by atoms with van der Waals surface area (Å²) in [4.78, 5) is 24.5. The number of oxazole rings is 1. The Bertz CT molecular complexity index is 1310. The topological polar surface area (TPSA) is 119 Å². The van der Waals surface area contributed by atoms with Gasteiger partial charge in [-0.25, -0.2) is 4.79 Å². The van der Waals surface area contributed by atoms with Crippen molar-refractivity contribution in [3.05, 3.63) is 58.6 Å². The smallest absolute Gasteiger partial charge is 0.408 e. The lowest BCUT2D eigenvalue weighted by Crippen LogP contribution is -2.46. The summed E-state index contributed by atoms with van der Waals surface area (Å²) >= 11 is 0. The van der Waals surface area contributed by atoms with Gasteiger partial charge in [0.05, 0.1) is 18.2 Å². The maximum atomic E-state index is 12.8. The summed E-state index contributed by atoms with van der Waals surface area (Å²) in [5.41, 5.74) is 3.78. The third kappa shape index (κ3) is 4.86. The van der Waals surface area contributed by atoms with Gasteiger partial charge in [0.2, 0.25) is 0 Å². The zero-order valence-electron chi connectivity index (χ0n) is 19.6. The summed E-state index contributed by atoms with van der Waals surface area (Å²) in [5, 5.41) is 15.7. The van der Waals surface area contributed by atoms with Crippen LogP contribution in [0.2, 0.25) is 0 Å². The Hall–Kier alpha value is -3.45.